The average Bonchev–Trinajstić information content (AvgIpc) is 2.35. The molecule has 0 unspecified atom stereocenters. The number of rotatable bonds is 4. The lowest BCUT2D eigenvalue weighted by atomic mass is 9.87. The van der Waals surface area contributed by atoms with Crippen LogP contribution in [0.1, 0.15) is 41.3 Å². The Kier molecular flexibility index (Phi) is 3.79. The minimum absolute atomic E-state index is 0.337. The Morgan fingerprint density at radius 2 is 2.29 bits per heavy atom. The van der Waals surface area contributed by atoms with Crippen molar-refractivity contribution in [2.45, 2.75) is 38.6 Å². The molecule has 1 aromatic carbocycles. The van der Waals surface area contributed by atoms with E-state index in [2.05, 4.69) is 12.2 Å². The predicted molar refractivity (Wildman–Crippen MR) is 69.1 cm³/mol. The first-order valence-corrected chi connectivity index (χ1v) is 6.35. The smallest absolute Gasteiger partial charge is 0.248 e. The molecule has 1 aromatic rings. The van der Waals surface area contributed by atoms with Crippen LogP contribution in [0.25, 0.3) is 0 Å². The van der Waals surface area contributed by atoms with E-state index in [1.54, 1.807) is 0 Å². The van der Waals surface area contributed by atoms with Gasteiger partial charge in [0.1, 0.15) is 0 Å². The normalized spacial score (nSPS) is 18.8. The summed E-state index contributed by atoms with van der Waals surface area (Å²) in [7, 11) is 0. The van der Waals surface area contributed by atoms with Crippen LogP contribution in [0.3, 0.4) is 0 Å². The number of fused-ring (bicyclic) bond motifs is 1. The van der Waals surface area contributed by atoms with Crippen molar-refractivity contribution in [1.29, 1.82) is 0 Å². The highest BCUT2D eigenvalue weighted by molar-refractivity contribution is 5.93. The van der Waals surface area contributed by atoms with Crippen LogP contribution in [-0.4, -0.2) is 18.5 Å². The molecule has 0 bridgehead atoms. The molecule has 2 rings (SSSR count). The summed E-state index contributed by atoms with van der Waals surface area (Å²) in [5.41, 5.74) is 8.58. The Hall–Kier alpha value is -1.35. The van der Waals surface area contributed by atoms with E-state index in [-0.39, 0.29) is 5.91 Å². The highest BCUT2D eigenvalue weighted by Gasteiger charge is 2.18. The van der Waals surface area contributed by atoms with Crippen LogP contribution in [0.5, 0.6) is 0 Å². The van der Waals surface area contributed by atoms with E-state index in [0.29, 0.717) is 11.6 Å². The predicted octanol–water partition coefficient (Wildman–Crippen LogP) is 1.64. The lowest BCUT2D eigenvalue weighted by Crippen LogP contribution is -2.35. The maximum atomic E-state index is 11.1. The van der Waals surface area contributed by atoms with E-state index in [4.69, 9.17) is 5.73 Å². The Labute approximate surface area is 102 Å². The number of nitrogens with one attached hydrogen (secondary N) is 1. The molecule has 1 amide bonds. The molecule has 0 fully saturated rings. The molecule has 0 radical (unpaired) electrons. The van der Waals surface area contributed by atoms with Gasteiger partial charge < -0.3 is 11.1 Å². The summed E-state index contributed by atoms with van der Waals surface area (Å²) < 4.78 is 0. The van der Waals surface area contributed by atoms with Crippen molar-refractivity contribution in [3.63, 3.8) is 0 Å². The maximum absolute atomic E-state index is 11.1. The number of primary amides is 1. The number of hydrogen-bond acceptors (Lipinski definition) is 2. The van der Waals surface area contributed by atoms with Crippen LogP contribution in [0.4, 0.5) is 0 Å². The monoisotopic (exact) mass is 232 g/mol. The molecule has 3 N–H and O–H groups in total. The number of hydrogen-bond donors (Lipinski definition) is 2. The van der Waals surface area contributed by atoms with Crippen LogP contribution in [-0.2, 0) is 12.8 Å². The first-order chi connectivity index (χ1) is 8.20. The summed E-state index contributed by atoms with van der Waals surface area (Å²) in [5.74, 6) is -0.337. The molecule has 3 heteroatoms. The summed E-state index contributed by atoms with van der Waals surface area (Å²) in [6, 6.07) is 6.38. The third kappa shape index (κ3) is 2.86. The van der Waals surface area contributed by atoms with Gasteiger partial charge in [0.2, 0.25) is 5.91 Å². The van der Waals surface area contributed by atoms with Gasteiger partial charge in [-0.15, -0.1) is 0 Å². The van der Waals surface area contributed by atoms with Gasteiger partial charge in [-0.05, 0) is 55.5 Å². The van der Waals surface area contributed by atoms with E-state index in [9.17, 15) is 4.79 Å². The first-order valence-electron chi connectivity index (χ1n) is 6.35. The Balaban J connectivity index is 2.12. The molecule has 1 atom stereocenters. The largest absolute Gasteiger partial charge is 0.366 e. The minimum atomic E-state index is -0.337. The van der Waals surface area contributed by atoms with Crippen molar-refractivity contribution in [3.8, 4) is 0 Å². The second-order valence-electron chi connectivity index (χ2n) is 4.74. The molecule has 3 nitrogen and oxygen atoms in total. The van der Waals surface area contributed by atoms with Gasteiger partial charge in [0, 0.05) is 11.6 Å². The van der Waals surface area contributed by atoms with Gasteiger partial charge in [0.15, 0.2) is 0 Å². The van der Waals surface area contributed by atoms with Gasteiger partial charge in [-0.25, -0.2) is 0 Å². The van der Waals surface area contributed by atoms with E-state index in [0.717, 1.165) is 25.8 Å². The molecule has 0 spiro atoms. The highest BCUT2D eigenvalue weighted by Crippen LogP contribution is 2.22. The molecule has 0 saturated heterocycles. The molecule has 0 aliphatic heterocycles. The summed E-state index contributed by atoms with van der Waals surface area (Å²) in [6.07, 6.45) is 4.44. The fourth-order valence-corrected chi connectivity index (χ4v) is 2.43. The van der Waals surface area contributed by atoms with E-state index >= 15 is 0 Å². The van der Waals surface area contributed by atoms with E-state index in [1.165, 1.54) is 17.5 Å². The zero-order valence-electron chi connectivity index (χ0n) is 10.3. The molecular formula is C14H20N2O. The maximum Gasteiger partial charge on any atom is 0.248 e. The molecule has 0 aromatic heterocycles. The van der Waals surface area contributed by atoms with Gasteiger partial charge in [-0.2, -0.15) is 0 Å². The van der Waals surface area contributed by atoms with Gasteiger partial charge in [0.25, 0.3) is 0 Å². The number of aryl methyl sites for hydroxylation is 1. The number of amides is 1. The van der Waals surface area contributed by atoms with Crippen molar-refractivity contribution in [3.05, 3.63) is 34.9 Å². The van der Waals surface area contributed by atoms with Crippen molar-refractivity contribution < 1.29 is 4.79 Å². The number of carbonyl (C=O) groups excluding carboxylic acids is 1. The Morgan fingerprint density at radius 3 is 3.00 bits per heavy atom. The van der Waals surface area contributed by atoms with Gasteiger partial charge >= 0.3 is 0 Å². The van der Waals surface area contributed by atoms with Crippen molar-refractivity contribution in [2.75, 3.05) is 6.54 Å². The zero-order valence-corrected chi connectivity index (χ0v) is 10.3. The quantitative estimate of drug-likeness (QED) is 0.829. The Morgan fingerprint density at radius 1 is 1.47 bits per heavy atom. The van der Waals surface area contributed by atoms with Crippen LogP contribution in [0, 0.1) is 0 Å². The van der Waals surface area contributed by atoms with Gasteiger partial charge in [0.05, 0.1) is 0 Å². The van der Waals surface area contributed by atoms with E-state index in [1.807, 2.05) is 18.2 Å². The average molecular weight is 232 g/mol. The Bertz CT molecular complexity index is 415. The molecule has 0 heterocycles. The lowest BCUT2D eigenvalue weighted by molar-refractivity contribution is 0.1000. The third-order valence-electron chi connectivity index (χ3n) is 3.40. The number of nitrogens with two attached hydrogens (primary N) is 1. The minimum Gasteiger partial charge on any atom is -0.366 e. The van der Waals surface area contributed by atoms with E-state index < -0.39 is 0 Å². The standard InChI is InChI=1S/C14H20N2O/c1-2-7-16-13-6-5-10-3-4-11(14(15)17)8-12(10)9-13/h3-4,8,13,16H,2,5-7,9H2,1H3,(H2,15,17)/t13-/m1/s1. The molecule has 1 aliphatic rings. The molecule has 17 heavy (non-hydrogen) atoms. The first kappa shape index (κ1) is 12.1. The second-order valence-corrected chi connectivity index (χ2v) is 4.74. The summed E-state index contributed by atoms with van der Waals surface area (Å²) in [5, 5.41) is 3.54. The van der Waals surface area contributed by atoms with Crippen LogP contribution >= 0.6 is 0 Å². The zero-order chi connectivity index (χ0) is 12.3. The molecular weight excluding hydrogens is 212 g/mol. The summed E-state index contributed by atoms with van der Waals surface area (Å²) >= 11 is 0. The van der Waals surface area contributed by atoms with Crippen molar-refractivity contribution in [2.24, 2.45) is 5.73 Å². The van der Waals surface area contributed by atoms with Gasteiger partial charge in [-0.3, -0.25) is 4.79 Å². The fourth-order valence-electron chi connectivity index (χ4n) is 2.43. The number of carbonyl (C=O) groups is 1. The van der Waals surface area contributed by atoms with Crippen LogP contribution in [0.15, 0.2) is 18.2 Å². The topological polar surface area (TPSA) is 55.1 Å². The molecule has 1 aliphatic carbocycles. The third-order valence-corrected chi connectivity index (χ3v) is 3.40. The van der Waals surface area contributed by atoms with Crippen LogP contribution < -0.4 is 11.1 Å². The SMILES string of the molecule is CCCN[C@@H]1CCc2ccc(C(N)=O)cc2C1. The second kappa shape index (κ2) is 5.32. The molecule has 0 saturated carbocycles. The molecule has 92 valence electrons. The summed E-state index contributed by atoms with van der Waals surface area (Å²) in [6.45, 7) is 3.24. The fraction of sp³-hybridized carbons (Fsp3) is 0.500. The lowest BCUT2D eigenvalue weighted by Gasteiger charge is -2.25. The van der Waals surface area contributed by atoms with Crippen LogP contribution in [0.2, 0.25) is 0 Å². The van der Waals surface area contributed by atoms with Crippen molar-refractivity contribution in [1.82, 2.24) is 5.32 Å². The summed E-state index contributed by atoms with van der Waals surface area (Å²) in [4.78, 5) is 11.1. The van der Waals surface area contributed by atoms with Crippen molar-refractivity contribution >= 4 is 5.91 Å². The van der Waals surface area contributed by atoms with Gasteiger partial charge in [-0.1, -0.05) is 13.0 Å². The number of benzene rings is 1. The highest BCUT2D eigenvalue weighted by atomic mass is 16.1.